The summed E-state index contributed by atoms with van der Waals surface area (Å²) in [7, 11) is -3.56. The number of carbonyl (C=O) groups is 1. The molecule has 0 bridgehead atoms. The van der Waals surface area contributed by atoms with Crippen molar-refractivity contribution in [3.8, 4) is 0 Å². The first kappa shape index (κ1) is 13.9. The number of anilines is 1. The number of nitrogens with one attached hydrogen (secondary N) is 1. The van der Waals surface area contributed by atoms with Crippen molar-refractivity contribution in [2.75, 3.05) is 12.3 Å². The average molecular weight is 279 g/mol. The van der Waals surface area contributed by atoms with E-state index in [1.165, 1.54) is 6.20 Å². The van der Waals surface area contributed by atoms with Gasteiger partial charge in [0.2, 0.25) is 0 Å². The summed E-state index contributed by atoms with van der Waals surface area (Å²) in [6.07, 6.45) is 2.14. The van der Waals surface area contributed by atoms with Crippen LogP contribution in [0.5, 0.6) is 0 Å². The van der Waals surface area contributed by atoms with Gasteiger partial charge in [0.25, 0.3) is 10.0 Å². The highest BCUT2D eigenvalue weighted by molar-refractivity contribution is 7.91. The molecule has 0 atom stereocenters. The van der Waals surface area contributed by atoms with Crippen LogP contribution in [0.4, 0.5) is 5.13 Å². The lowest BCUT2D eigenvalue weighted by molar-refractivity contribution is -0.137. The Balaban J connectivity index is 2.38. The van der Waals surface area contributed by atoms with Crippen LogP contribution in [-0.4, -0.2) is 31.0 Å². The Morgan fingerprint density at radius 2 is 2.24 bits per heavy atom. The molecule has 1 aromatic rings. The number of aliphatic carboxylic acids is 1. The second-order valence-electron chi connectivity index (χ2n) is 3.27. The largest absolute Gasteiger partial charge is 0.481 e. The Morgan fingerprint density at radius 1 is 1.53 bits per heavy atom. The quantitative estimate of drug-likeness (QED) is 0.615. The van der Waals surface area contributed by atoms with Crippen LogP contribution in [0, 0.1) is 0 Å². The fourth-order valence-corrected chi connectivity index (χ4v) is 3.11. The zero-order chi connectivity index (χ0) is 12.9. The molecular formula is C8H13N3O4S2. The minimum atomic E-state index is -3.56. The molecule has 0 amide bonds. The van der Waals surface area contributed by atoms with Crippen molar-refractivity contribution in [1.82, 2.24) is 9.71 Å². The van der Waals surface area contributed by atoms with Crippen molar-refractivity contribution in [2.24, 2.45) is 0 Å². The molecule has 0 aliphatic carbocycles. The summed E-state index contributed by atoms with van der Waals surface area (Å²) in [5.74, 6) is -0.886. The maximum Gasteiger partial charge on any atom is 0.303 e. The third-order valence-electron chi connectivity index (χ3n) is 1.88. The Hall–Kier alpha value is -1.19. The van der Waals surface area contributed by atoms with E-state index in [2.05, 4.69) is 9.71 Å². The first-order valence-corrected chi connectivity index (χ1v) is 7.14. The van der Waals surface area contributed by atoms with Crippen LogP contribution in [0.25, 0.3) is 0 Å². The minimum absolute atomic E-state index is 0.0369. The van der Waals surface area contributed by atoms with Crippen molar-refractivity contribution in [3.63, 3.8) is 0 Å². The fraction of sp³-hybridized carbons (Fsp3) is 0.500. The molecule has 0 fully saturated rings. The normalized spacial score (nSPS) is 11.5. The second kappa shape index (κ2) is 5.94. The van der Waals surface area contributed by atoms with Gasteiger partial charge in [-0.05, 0) is 12.8 Å². The van der Waals surface area contributed by atoms with Gasteiger partial charge in [-0.2, -0.15) is 0 Å². The Morgan fingerprint density at radius 3 is 2.76 bits per heavy atom. The maximum atomic E-state index is 11.6. The Kier molecular flexibility index (Phi) is 4.85. The van der Waals surface area contributed by atoms with Crippen LogP contribution in [0.3, 0.4) is 0 Å². The van der Waals surface area contributed by atoms with Gasteiger partial charge in [-0.1, -0.05) is 11.3 Å². The molecule has 4 N–H and O–H groups in total. The molecule has 0 radical (unpaired) electrons. The Bertz CT molecular complexity index is 483. The first-order chi connectivity index (χ1) is 7.92. The molecule has 0 saturated carbocycles. The van der Waals surface area contributed by atoms with Gasteiger partial charge in [0, 0.05) is 13.0 Å². The molecule has 0 saturated heterocycles. The van der Waals surface area contributed by atoms with Crippen molar-refractivity contribution in [1.29, 1.82) is 0 Å². The summed E-state index contributed by atoms with van der Waals surface area (Å²) in [6.45, 7) is 0.202. The molecule has 0 spiro atoms. The fourth-order valence-electron chi connectivity index (χ4n) is 1.08. The topological polar surface area (TPSA) is 122 Å². The van der Waals surface area contributed by atoms with E-state index in [0.29, 0.717) is 12.8 Å². The molecule has 7 nitrogen and oxygen atoms in total. The molecule has 0 aliphatic heterocycles. The van der Waals surface area contributed by atoms with Crippen LogP contribution in [0.15, 0.2) is 10.4 Å². The van der Waals surface area contributed by atoms with Crippen molar-refractivity contribution in [2.45, 2.75) is 23.5 Å². The number of hydrogen-bond acceptors (Lipinski definition) is 6. The van der Waals surface area contributed by atoms with Gasteiger partial charge in [-0.25, -0.2) is 18.1 Å². The maximum absolute atomic E-state index is 11.6. The van der Waals surface area contributed by atoms with Crippen LogP contribution in [0.2, 0.25) is 0 Å². The predicted octanol–water partition coefficient (Wildman–Crippen LogP) is 0.258. The summed E-state index contributed by atoms with van der Waals surface area (Å²) in [6, 6.07) is 0. The van der Waals surface area contributed by atoms with Gasteiger partial charge in [0.05, 0.1) is 6.20 Å². The van der Waals surface area contributed by atoms with Crippen LogP contribution >= 0.6 is 11.3 Å². The van der Waals surface area contributed by atoms with E-state index < -0.39 is 16.0 Å². The molecule has 1 heterocycles. The lowest BCUT2D eigenvalue weighted by Crippen LogP contribution is -2.24. The zero-order valence-electron chi connectivity index (χ0n) is 8.92. The third-order valence-corrected chi connectivity index (χ3v) is 4.63. The average Bonchev–Trinajstić information content (AvgIpc) is 2.64. The number of thiazole rings is 1. The number of rotatable bonds is 7. The van der Waals surface area contributed by atoms with E-state index in [4.69, 9.17) is 10.8 Å². The summed E-state index contributed by atoms with van der Waals surface area (Å²) in [5.41, 5.74) is 5.33. The number of sulfonamides is 1. The first-order valence-electron chi connectivity index (χ1n) is 4.84. The SMILES string of the molecule is Nc1ncc(S(=O)(=O)NCCCCC(=O)O)s1. The predicted molar refractivity (Wildman–Crippen MR) is 63.2 cm³/mol. The van der Waals surface area contributed by atoms with Crippen molar-refractivity contribution < 1.29 is 18.3 Å². The summed E-state index contributed by atoms with van der Waals surface area (Å²) in [5, 5.41) is 8.59. The molecule has 0 unspecified atom stereocenters. The van der Waals surface area contributed by atoms with E-state index >= 15 is 0 Å². The van der Waals surface area contributed by atoms with E-state index in [9.17, 15) is 13.2 Å². The molecule has 0 aromatic carbocycles. The van der Waals surface area contributed by atoms with Crippen LogP contribution < -0.4 is 10.5 Å². The van der Waals surface area contributed by atoms with E-state index in [1.807, 2.05) is 0 Å². The van der Waals surface area contributed by atoms with Crippen molar-refractivity contribution in [3.05, 3.63) is 6.20 Å². The van der Waals surface area contributed by atoms with Crippen LogP contribution in [0.1, 0.15) is 19.3 Å². The van der Waals surface area contributed by atoms with Gasteiger partial charge in [-0.3, -0.25) is 4.79 Å². The molecule has 1 rings (SSSR count). The highest BCUT2D eigenvalue weighted by Gasteiger charge is 2.16. The van der Waals surface area contributed by atoms with Crippen molar-refractivity contribution >= 4 is 32.5 Å². The summed E-state index contributed by atoms with van der Waals surface area (Å²) < 4.78 is 25.7. The van der Waals surface area contributed by atoms with Crippen LogP contribution in [-0.2, 0) is 14.8 Å². The number of nitrogen functional groups attached to an aromatic ring is 1. The number of aromatic nitrogens is 1. The molecule has 0 aliphatic rings. The molecule has 9 heteroatoms. The number of unbranched alkanes of at least 4 members (excludes halogenated alkanes) is 1. The van der Waals surface area contributed by atoms with Gasteiger partial charge in [0.15, 0.2) is 9.34 Å². The van der Waals surface area contributed by atoms with E-state index in [1.54, 1.807) is 0 Å². The Labute approximate surface area is 103 Å². The highest BCUT2D eigenvalue weighted by Crippen LogP contribution is 2.19. The van der Waals surface area contributed by atoms with Gasteiger partial charge in [-0.15, -0.1) is 0 Å². The molecule has 17 heavy (non-hydrogen) atoms. The number of hydrogen-bond donors (Lipinski definition) is 3. The molecule has 1 aromatic heterocycles. The second-order valence-corrected chi connectivity index (χ2v) is 6.32. The monoisotopic (exact) mass is 279 g/mol. The number of nitrogens with zero attached hydrogens (tertiary/aromatic N) is 1. The molecular weight excluding hydrogens is 266 g/mol. The highest BCUT2D eigenvalue weighted by atomic mass is 32.2. The smallest absolute Gasteiger partial charge is 0.303 e. The van der Waals surface area contributed by atoms with Gasteiger partial charge >= 0.3 is 5.97 Å². The number of carboxylic acid groups (broad SMARTS) is 1. The number of carboxylic acids is 1. The number of nitrogens with two attached hydrogens (primary N) is 1. The van der Waals surface area contributed by atoms with Gasteiger partial charge < -0.3 is 10.8 Å². The summed E-state index contributed by atoms with van der Waals surface area (Å²) in [4.78, 5) is 13.9. The lowest BCUT2D eigenvalue weighted by atomic mass is 10.2. The van der Waals surface area contributed by atoms with E-state index in [-0.39, 0.29) is 22.3 Å². The van der Waals surface area contributed by atoms with Gasteiger partial charge in [0.1, 0.15) is 0 Å². The minimum Gasteiger partial charge on any atom is -0.481 e. The molecule has 96 valence electrons. The lowest BCUT2D eigenvalue weighted by Gasteiger charge is -2.03. The van der Waals surface area contributed by atoms with E-state index in [0.717, 1.165) is 11.3 Å². The third kappa shape index (κ3) is 4.67. The summed E-state index contributed by atoms with van der Waals surface area (Å²) >= 11 is 0.885. The zero-order valence-corrected chi connectivity index (χ0v) is 10.6. The standard InChI is InChI=1S/C8H13N3O4S2/c9-8-10-5-7(16-8)17(14,15)11-4-2-1-3-6(12)13/h5,11H,1-4H2,(H2,9,10)(H,12,13).